The first-order chi connectivity index (χ1) is 12.2. The van der Waals surface area contributed by atoms with Gasteiger partial charge in [0, 0.05) is 37.5 Å². The Morgan fingerprint density at radius 2 is 1.96 bits per heavy atom. The first-order valence-electron chi connectivity index (χ1n) is 9.91. The molecule has 1 aromatic rings. The molecule has 25 heavy (non-hydrogen) atoms. The van der Waals surface area contributed by atoms with E-state index in [0.29, 0.717) is 24.0 Å². The summed E-state index contributed by atoms with van der Waals surface area (Å²) >= 11 is 0. The fourth-order valence-electron chi connectivity index (χ4n) is 4.66. The van der Waals surface area contributed by atoms with E-state index in [4.69, 9.17) is 4.74 Å². The Morgan fingerprint density at radius 3 is 2.68 bits per heavy atom. The van der Waals surface area contributed by atoms with Gasteiger partial charge in [-0.15, -0.1) is 0 Å². The summed E-state index contributed by atoms with van der Waals surface area (Å²) in [6.07, 6.45) is 6.81. The Balaban J connectivity index is 1.39. The second-order valence-electron chi connectivity index (χ2n) is 8.14. The molecule has 0 N–H and O–H groups in total. The topological polar surface area (TPSA) is 32.8 Å². The number of amides is 1. The lowest BCUT2D eigenvalue weighted by Gasteiger charge is -2.48. The van der Waals surface area contributed by atoms with Crippen LogP contribution in [0.1, 0.15) is 51.0 Å². The van der Waals surface area contributed by atoms with Crippen LogP contribution in [-0.2, 0) is 11.3 Å². The maximum absolute atomic E-state index is 12.3. The molecular formula is C21H30N2O2. The van der Waals surface area contributed by atoms with E-state index < -0.39 is 0 Å². The van der Waals surface area contributed by atoms with Crippen LogP contribution >= 0.6 is 0 Å². The van der Waals surface area contributed by atoms with Crippen LogP contribution in [0.3, 0.4) is 0 Å². The summed E-state index contributed by atoms with van der Waals surface area (Å²) in [5.74, 6) is 1.35. The van der Waals surface area contributed by atoms with Crippen LogP contribution in [0, 0.1) is 5.41 Å². The van der Waals surface area contributed by atoms with Gasteiger partial charge in [0.15, 0.2) is 0 Å². The van der Waals surface area contributed by atoms with Crippen molar-refractivity contribution >= 4 is 5.91 Å². The smallest absolute Gasteiger partial charge is 0.222 e. The Hall–Kier alpha value is -1.55. The maximum atomic E-state index is 12.3. The molecule has 2 heterocycles. The average molecular weight is 342 g/mol. The predicted octanol–water partition coefficient (Wildman–Crippen LogP) is 3.45. The van der Waals surface area contributed by atoms with Crippen molar-refractivity contribution < 1.29 is 9.53 Å². The first kappa shape index (κ1) is 16.9. The van der Waals surface area contributed by atoms with E-state index in [-0.39, 0.29) is 0 Å². The van der Waals surface area contributed by atoms with Gasteiger partial charge < -0.3 is 9.64 Å². The molecule has 0 unspecified atom stereocenters. The third-order valence-electron chi connectivity index (χ3n) is 6.06. The Morgan fingerprint density at radius 1 is 1.16 bits per heavy atom. The number of rotatable bonds is 5. The SMILES string of the molecule is CCOc1ccc(CN2CCC[C@@]3(CCC(=O)N(C4CC4)C3)C2)cc1. The Kier molecular flexibility index (Phi) is 4.72. The first-order valence-corrected chi connectivity index (χ1v) is 9.91. The summed E-state index contributed by atoms with van der Waals surface area (Å²) in [5, 5.41) is 0. The summed E-state index contributed by atoms with van der Waals surface area (Å²) < 4.78 is 5.54. The molecule has 1 spiro atoms. The van der Waals surface area contributed by atoms with Gasteiger partial charge in [-0.3, -0.25) is 9.69 Å². The van der Waals surface area contributed by atoms with Crippen molar-refractivity contribution in [1.29, 1.82) is 0 Å². The van der Waals surface area contributed by atoms with Crippen LogP contribution in [0.25, 0.3) is 0 Å². The number of hydrogen-bond acceptors (Lipinski definition) is 3. The zero-order valence-corrected chi connectivity index (χ0v) is 15.4. The zero-order chi connectivity index (χ0) is 17.3. The van der Waals surface area contributed by atoms with Gasteiger partial charge in [-0.2, -0.15) is 0 Å². The summed E-state index contributed by atoms with van der Waals surface area (Å²) in [5.41, 5.74) is 1.69. The molecule has 2 saturated heterocycles. The molecule has 3 aliphatic rings. The maximum Gasteiger partial charge on any atom is 0.222 e. The van der Waals surface area contributed by atoms with E-state index in [1.54, 1.807) is 0 Å². The molecular weight excluding hydrogens is 312 g/mol. The second-order valence-corrected chi connectivity index (χ2v) is 8.14. The lowest BCUT2D eigenvalue weighted by atomic mass is 9.73. The van der Waals surface area contributed by atoms with Crippen molar-refractivity contribution in [2.45, 2.75) is 58.0 Å². The molecule has 4 rings (SSSR count). The van der Waals surface area contributed by atoms with E-state index in [9.17, 15) is 4.79 Å². The summed E-state index contributed by atoms with van der Waals surface area (Å²) in [6, 6.07) is 9.09. The second kappa shape index (κ2) is 6.99. The lowest BCUT2D eigenvalue weighted by Crippen LogP contribution is -2.54. The number of nitrogens with zero attached hydrogens (tertiary/aromatic N) is 2. The lowest BCUT2D eigenvalue weighted by molar-refractivity contribution is -0.140. The molecule has 4 nitrogen and oxygen atoms in total. The van der Waals surface area contributed by atoms with E-state index in [1.807, 2.05) is 6.92 Å². The van der Waals surface area contributed by atoms with Gasteiger partial charge in [0.2, 0.25) is 5.91 Å². The quantitative estimate of drug-likeness (QED) is 0.822. The van der Waals surface area contributed by atoms with E-state index in [1.165, 1.54) is 37.8 Å². The Labute approximate surface area is 151 Å². The molecule has 1 aliphatic carbocycles. The number of likely N-dealkylation sites (tertiary alicyclic amines) is 2. The van der Waals surface area contributed by atoms with Gasteiger partial charge in [-0.1, -0.05) is 12.1 Å². The minimum Gasteiger partial charge on any atom is -0.494 e. The Bertz CT molecular complexity index is 611. The van der Waals surface area contributed by atoms with Crippen molar-refractivity contribution in [3.63, 3.8) is 0 Å². The van der Waals surface area contributed by atoms with Crippen LogP contribution in [0.5, 0.6) is 5.75 Å². The fourth-order valence-corrected chi connectivity index (χ4v) is 4.66. The van der Waals surface area contributed by atoms with Crippen LogP contribution in [0.2, 0.25) is 0 Å². The molecule has 2 aliphatic heterocycles. The molecule has 136 valence electrons. The number of piperidine rings is 2. The van der Waals surface area contributed by atoms with Gasteiger partial charge in [0.25, 0.3) is 0 Å². The average Bonchev–Trinajstić information content (AvgIpc) is 3.45. The minimum atomic E-state index is 0.333. The zero-order valence-electron chi connectivity index (χ0n) is 15.4. The largest absolute Gasteiger partial charge is 0.494 e. The molecule has 3 fully saturated rings. The van der Waals surface area contributed by atoms with Crippen molar-refractivity contribution in [3.05, 3.63) is 29.8 Å². The normalized spacial score (nSPS) is 27.7. The van der Waals surface area contributed by atoms with E-state index in [2.05, 4.69) is 34.1 Å². The molecule has 1 amide bonds. The molecule has 1 saturated carbocycles. The van der Waals surface area contributed by atoms with Gasteiger partial charge in [0.1, 0.15) is 5.75 Å². The third kappa shape index (κ3) is 3.84. The number of hydrogen-bond donors (Lipinski definition) is 0. The minimum absolute atomic E-state index is 0.333. The van der Waals surface area contributed by atoms with Crippen LogP contribution < -0.4 is 4.74 Å². The standard InChI is InChI=1S/C21H30N2O2/c1-2-25-19-8-4-17(5-9-19)14-22-13-3-11-21(15-22)12-10-20(24)23(16-21)18-6-7-18/h4-5,8-9,18H,2-3,6-7,10-16H2,1H3/t21-/m1/s1. The highest BCUT2D eigenvalue weighted by molar-refractivity contribution is 5.78. The number of carbonyl (C=O) groups excluding carboxylic acids is 1. The predicted molar refractivity (Wildman–Crippen MR) is 98.5 cm³/mol. The number of ether oxygens (including phenoxy) is 1. The van der Waals surface area contributed by atoms with Gasteiger partial charge >= 0.3 is 0 Å². The molecule has 4 heteroatoms. The molecule has 1 atom stereocenters. The van der Waals surface area contributed by atoms with Crippen LogP contribution in [0.15, 0.2) is 24.3 Å². The molecule has 1 aromatic carbocycles. The fraction of sp³-hybridized carbons (Fsp3) is 0.667. The highest BCUT2D eigenvalue weighted by Crippen LogP contribution is 2.42. The summed E-state index contributed by atoms with van der Waals surface area (Å²) in [7, 11) is 0. The third-order valence-corrected chi connectivity index (χ3v) is 6.06. The van der Waals surface area contributed by atoms with Crippen molar-refractivity contribution in [2.24, 2.45) is 5.41 Å². The van der Waals surface area contributed by atoms with Crippen LogP contribution in [0.4, 0.5) is 0 Å². The number of benzene rings is 1. The summed E-state index contributed by atoms with van der Waals surface area (Å²) in [4.78, 5) is 17.1. The molecule has 0 aromatic heterocycles. The van der Waals surface area contributed by atoms with Crippen molar-refractivity contribution in [2.75, 3.05) is 26.2 Å². The van der Waals surface area contributed by atoms with Crippen molar-refractivity contribution in [1.82, 2.24) is 9.80 Å². The van der Waals surface area contributed by atoms with Crippen LogP contribution in [-0.4, -0.2) is 48.0 Å². The highest BCUT2D eigenvalue weighted by atomic mass is 16.5. The molecule has 0 radical (unpaired) electrons. The number of carbonyl (C=O) groups is 1. The molecule has 0 bridgehead atoms. The van der Waals surface area contributed by atoms with E-state index >= 15 is 0 Å². The van der Waals surface area contributed by atoms with Gasteiger partial charge in [0.05, 0.1) is 6.61 Å². The van der Waals surface area contributed by atoms with Gasteiger partial charge in [-0.25, -0.2) is 0 Å². The van der Waals surface area contributed by atoms with Gasteiger partial charge in [-0.05, 0) is 63.3 Å². The van der Waals surface area contributed by atoms with E-state index in [0.717, 1.165) is 38.2 Å². The summed E-state index contributed by atoms with van der Waals surface area (Å²) in [6.45, 7) is 7.04. The monoisotopic (exact) mass is 342 g/mol. The van der Waals surface area contributed by atoms with Crippen molar-refractivity contribution in [3.8, 4) is 5.75 Å². The highest BCUT2D eigenvalue weighted by Gasteiger charge is 2.45.